The predicted octanol–water partition coefficient (Wildman–Crippen LogP) is 10.0. The van der Waals surface area contributed by atoms with E-state index in [0.717, 1.165) is 28.0 Å². The van der Waals surface area contributed by atoms with Gasteiger partial charge in [0.15, 0.2) is 23.0 Å². The molecule has 43 heavy (non-hydrogen) atoms. The Labute approximate surface area is 251 Å². The highest BCUT2D eigenvalue weighted by molar-refractivity contribution is 6.33. The van der Waals surface area contributed by atoms with Gasteiger partial charge in [0.05, 0.1) is 11.1 Å². The minimum atomic E-state index is -0.499. The zero-order valence-electron chi connectivity index (χ0n) is 23.5. The second-order valence-corrected chi connectivity index (χ2v) is 10.9. The fraction of sp³-hybridized carbons (Fsp3) is 0.0250. The first-order valence-corrected chi connectivity index (χ1v) is 14.3. The van der Waals surface area contributed by atoms with Gasteiger partial charge >= 0.3 is 0 Å². The summed E-state index contributed by atoms with van der Waals surface area (Å²) in [6, 6.07) is 40.5. The number of rotatable bonds is 4. The first-order chi connectivity index (χ1) is 21.2. The summed E-state index contributed by atoms with van der Waals surface area (Å²) < 4.78 is 13.2. The minimum Gasteiger partial charge on any atom is -0.450 e. The van der Waals surface area contributed by atoms with Gasteiger partial charge in [-0.3, -0.25) is 4.99 Å². The molecule has 0 fully saturated rings. The highest BCUT2D eigenvalue weighted by Gasteiger charge is 2.47. The van der Waals surface area contributed by atoms with Gasteiger partial charge < -0.3 is 9.47 Å². The van der Waals surface area contributed by atoms with Gasteiger partial charge in [-0.15, -0.1) is 0 Å². The topological polar surface area (TPSA) is 30.8 Å². The molecule has 0 saturated carbocycles. The monoisotopic (exact) mass is 553 g/mol. The first-order valence-electron chi connectivity index (χ1n) is 14.3. The number of ether oxygens (including phenoxy) is 2. The summed E-state index contributed by atoms with van der Waals surface area (Å²) in [5.74, 6) is 2.72. The van der Waals surface area contributed by atoms with Gasteiger partial charge in [0.25, 0.3) is 0 Å². The van der Waals surface area contributed by atoms with Crippen molar-refractivity contribution in [2.24, 2.45) is 4.99 Å². The fourth-order valence-electron chi connectivity index (χ4n) is 6.75. The summed E-state index contributed by atoms with van der Waals surface area (Å²) in [5.41, 5.74) is 10.2. The average molecular weight is 554 g/mol. The second-order valence-electron chi connectivity index (χ2n) is 10.9. The molecule has 0 amide bonds. The maximum Gasteiger partial charge on any atom is 0.170 e. The third-order valence-electron chi connectivity index (χ3n) is 8.56. The average Bonchev–Trinajstić information content (AvgIpc) is 3.34. The van der Waals surface area contributed by atoms with E-state index in [1.165, 1.54) is 27.8 Å². The van der Waals surface area contributed by atoms with E-state index in [1.54, 1.807) is 6.20 Å². The van der Waals surface area contributed by atoms with E-state index in [0.29, 0.717) is 23.0 Å². The Morgan fingerprint density at radius 3 is 2.02 bits per heavy atom. The van der Waals surface area contributed by atoms with Crippen LogP contribution in [0.5, 0.6) is 23.0 Å². The first kappa shape index (κ1) is 25.1. The third-order valence-corrected chi connectivity index (χ3v) is 8.56. The van der Waals surface area contributed by atoms with Crippen molar-refractivity contribution in [3.05, 3.63) is 186 Å². The number of hydrogen-bond donors (Lipinski definition) is 0. The van der Waals surface area contributed by atoms with Crippen LogP contribution in [0.3, 0.4) is 0 Å². The molecule has 204 valence electrons. The molecule has 0 aromatic heterocycles. The zero-order chi connectivity index (χ0) is 29.0. The van der Waals surface area contributed by atoms with Crippen LogP contribution in [0, 0.1) is 0 Å². The van der Waals surface area contributed by atoms with Crippen molar-refractivity contribution in [3.63, 3.8) is 0 Å². The van der Waals surface area contributed by atoms with Crippen LogP contribution in [0.4, 0.5) is 0 Å². The molecule has 3 aliphatic rings. The van der Waals surface area contributed by atoms with Crippen LogP contribution in [-0.4, -0.2) is 5.71 Å². The van der Waals surface area contributed by atoms with Crippen molar-refractivity contribution in [1.82, 2.24) is 0 Å². The molecule has 0 spiro atoms. The Hall–Kier alpha value is -5.67. The van der Waals surface area contributed by atoms with E-state index in [-0.39, 0.29) is 0 Å². The largest absolute Gasteiger partial charge is 0.450 e. The SMILES string of the molecule is C=CN=C1C(=C)C=CC=C1c1ccc2c(c1)Oc1cc3c(cc1O2)C(c1ccccc1)(c1ccccc1)c1ccccc1-3. The molecule has 8 rings (SSSR count). The summed E-state index contributed by atoms with van der Waals surface area (Å²) >= 11 is 0. The lowest BCUT2D eigenvalue weighted by atomic mass is 9.67. The van der Waals surface area contributed by atoms with Crippen LogP contribution in [-0.2, 0) is 5.41 Å². The van der Waals surface area contributed by atoms with Crippen molar-refractivity contribution in [2.75, 3.05) is 0 Å². The van der Waals surface area contributed by atoms with Crippen molar-refractivity contribution in [3.8, 4) is 34.1 Å². The maximum atomic E-state index is 6.60. The van der Waals surface area contributed by atoms with Crippen LogP contribution in [0.1, 0.15) is 27.8 Å². The molecule has 0 radical (unpaired) electrons. The van der Waals surface area contributed by atoms with Crippen molar-refractivity contribution < 1.29 is 9.47 Å². The van der Waals surface area contributed by atoms with Gasteiger partial charge in [-0.25, -0.2) is 0 Å². The normalized spacial score (nSPS) is 16.2. The van der Waals surface area contributed by atoms with Gasteiger partial charge in [0, 0.05) is 11.8 Å². The van der Waals surface area contributed by atoms with Crippen molar-refractivity contribution >= 4 is 11.3 Å². The minimum absolute atomic E-state index is 0.499. The number of benzene rings is 5. The Morgan fingerprint density at radius 1 is 0.628 bits per heavy atom. The molecule has 0 N–H and O–H groups in total. The fourth-order valence-corrected chi connectivity index (χ4v) is 6.75. The summed E-state index contributed by atoms with van der Waals surface area (Å²) in [4.78, 5) is 4.48. The predicted molar refractivity (Wildman–Crippen MR) is 174 cm³/mol. The van der Waals surface area contributed by atoms with Crippen LogP contribution in [0.2, 0.25) is 0 Å². The van der Waals surface area contributed by atoms with Gasteiger partial charge in [0.1, 0.15) is 0 Å². The number of aliphatic imine (C=N–C) groups is 1. The van der Waals surface area contributed by atoms with Crippen molar-refractivity contribution in [2.45, 2.75) is 5.41 Å². The quantitative estimate of drug-likeness (QED) is 0.217. The summed E-state index contributed by atoms with van der Waals surface area (Å²) in [5, 5.41) is 0. The lowest BCUT2D eigenvalue weighted by Gasteiger charge is -2.34. The molecule has 0 saturated heterocycles. The van der Waals surface area contributed by atoms with Crippen LogP contribution >= 0.6 is 0 Å². The molecule has 1 aliphatic heterocycles. The smallest absolute Gasteiger partial charge is 0.170 e. The van der Waals surface area contributed by atoms with Gasteiger partial charge in [-0.1, -0.05) is 122 Å². The van der Waals surface area contributed by atoms with E-state index in [4.69, 9.17) is 9.47 Å². The highest BCUT2D eigenvalue weighted by atomic mass is 16.6. The summed E-state index contributed by atoms with van der Waals surface area (Å²) in [6.07, 6.45) is 7.51. The summed E-state index contributed by atoms with van der Waals surface area (Å²) in [6.45, 7) is 7.93. The molecular weight excluding hydrogens is 526 g/mol. The lowest BCUT2D eigenvalue weighted by molar-refractivity contribution is 0.359. The van der Waals surface area contributed by atoms with E-state index in [1.807, 2.05) is 36.4 Å². The van der Waals surface area contributed by atoms with Crippen LogP contribution in [0.25, 0.3) is 16.7 Å². The molecular formula is C40H27NO2. The van der Waals surface area contributed by atoms with E-state index >= 15 is 0 Å². The maximum absolute atomic E-state index is 6.60. The summed E-state index contributed by atoms with van der Waals surface area (Å²) in [7, 11) is 0. The number of fused-ring (bicyclic) bond motifs is 5. The molecule has 0 atom stereocenters. The highest BCUT2D eigenvalue weighted by Crippen LogP contribution is 2.59. The van der Waals surface area contributed by atoms with Gasteiger partial charge in [-0.05, 0) is 68.8 Å². The van der Waals surface area contributed by atoms with Gasteiger partial charge in [0.2, 0.25) is 0 Å². The molecule has 0 bridgehead atoms. The van der Waals surface area contributed by atoms with E-state index in [9.17, 15) is 0 Å². The number of nitrogens with zero attached hydrogens (tertiary/aromatic N) is 1. The Morgan fingerprint density at radius 2 is 1.28 bits per heavy atom. The van der Waals surface area contributed by atoms with E-state index < -0.39 is 5.41 Å². The standard InChI is InChI=1S/C40H27NO2/c1-3-41-39-26(2)13-12-19-30(39)27-21-22-35-36(23-27)43-37-24-32-31-18-10-11-20-33(31)40(28-14-6-4-7-15-28,29-16-8-5-9-17-29)34(32)25-38(37)42-35/h3-25H,1-2H2. The Kier molecular flexibility index (Phi) is 5.66. The molecule has 2 aliphatic carbocycles. The third kappa shape index (κ3) is 3.72. The molecule has 1 heterocycles. The molecule has 0 unspecified atom stereocenters. The molecule has 3 nitrogen and oxygen atoms in total. The molecule has 5 aromatic carbocycles. The lowest BCUT2D eigenvalue weighted by Crippen LogP contribution is -2.28. The second kappa shape index (κ2) is 9.71. The van der Waals surface area contributed by atoms with E-state index in [2.05, 4.69) is 115 Å². The van der Waals surface area contributed by atoms with Gasteiger partial charge in [-0.2, -0.15) is 0 Å². The zero-order valence-corrected chi connectivity index (χ0v) is 23.5. The van der Waals surface area contributed by atoms with Crippen molar-refractivity contribution in [1.29, 1.82) is 0 Å². The van der Waals surface area contributed by atoms with Crippen LogP contribution < -0.4 is 9.47 Å². The Balaban J connectivity index is 1.29. The molecule has 3 heteroatoms. The molecule has 5 aromatic rings. The Bertz CT molecular complexity index is 2010. The number of allylic oxidation sites excluding steroid dienone is 5. The van der Waals surface area contributed by atoms with Crippen LogP contribution in [0.15, 0.2) is 163 Å². The number of hydrogen-bond acceptors (Lipinski definition) is 3.